The largest absolute Gasteiger partial charge is 0.396 e. The van der Waals surface area contributed by atoms with Crippen molar-refractivity contribution in [1.82, 2.24) is 14.7 Å². The first-order valence-electron chi connectivity index (χ1n) is 5.62. The molecule has 0 aliphatic carbocycles. The lowest BCUT2D eigenvalue weighted by Gasteiger charge is -2.22. The summed E-state index contributed by atoms with van der Waals surface area (Å²) in [4.78, 5) is 2.43. The van der Waals surface area contributed by atoms with E-state index in [0.717, 1.165) is 31.9 Å². The van der Waals surface area contributed by atoms with Gasteiger partial charge in [-0.2, -0.15) is 5.10 Å². The van der Waals surface area contributed by atoms with E-state index in [1.54, 1.807) is 6.20 Å². The maximum Gasteiger partial charge on any atom is 0.0719 e. The second kappa shape index (κ2) is 5.75. The summed E-state index contributed by atoms with van der Waals surface area (Å²) in [5, 5.41) is 4.17. The zero-order chi connectivity index (χ0) is 11.3. The molecule has 1 rings (SSSR count). The van der Waals surface area contributed by atoms with E-state index in [9.17, 15) is 0 Å². The van der Waals surface area contributed by atoms with Gasteiger partial charge in [-0.3, -0.25) is 4.68 Å². The number of likely N-dealkylation sites (N-methyl/N-ethyl adjacent to an activating group) is 1. The topological polar surface area (TPSA) is 47.1 Å². The first kappa shape index (κ1) is 12.0. The van der Waals surface area contributed by atoms with E-state index in [1.807, 2.05) is 10.9 Å². The predicted molar refractivity (Wildman–Crippen MR) is 63.6 cm³/mol. The van der Waals surface area contributed by atoms with Crippen molar-refractivity contribution < 1.29 is 0 Å². The molecule has 1 aromatic heterocycles. The molecule has 0 fully saturated rings. The number of anilines is 1. The van der Waals surface area contributed by atoms with Crippen molar-refractivity contribution in [1.29, 1.82) is 0 Å². The van der Waals surface area contributed by atoms with Crippen molar-refractivity contribution in [2.45, 2.75) is 27.3 Å². The fourth-order valence-electron chi connectivity index (χ4n) is 1.64. The van der Waals surface area contributed by atoms with E-state index in [4.69, 9.17) is 5.73 Å². The van der Waals surface area contributed by atoms with Crippen LogP contribution in [-0.4, -0.2) is 34.3 Å². The summed E-state index contributed by atoms with van der Waals surface area (Å²) < 4.78 is 1.90. The first-order chi connectivity index (χ1) is 7.11. The van der Waals surface area contributed by atoms with Gasteiger partial charge in [-0.1, -0.05) is 20.8 Å². The average molecular weight is 210 g/mol. The number of nitrogen functional groups attached to an aromatic ring is 1. The highest BCUT2D eigenvalue weighted by Crippen LogP contribution is 2.01. The van der Waals surface area contributed by atoms with Crippen molar-refractivity contribution in [3.05, 3.63) is 12.4 Å². The Kier molecular flexibility index (Phi) is 4.62. The van der Waals surface area contributed by atoms with Crippen LogP contribution in [0.3, 0.4) is 0 Å². The highest BCUT2D eigenvalue weighted by atomic mass is 15.3. The molecule has 15 heavy (non-hydrogen) atoms. The monoisotopic (exact) mass is 210 g/mol. The zero-order valence-corrected chi connectivity index (χ0v) is 9.98. The third kappa shape index (κ3) is 4.34. The normalized spacial score (nSPS) is 11.5. The molecule has 0 aromatic carbocycles. The highest BCUT2D eigenvalue weighted by Gasteiger charge is 2.05. The Labute approximate surface area is 92.1 Å². The number of rotatable bonds is 6. The summed E-state index contributed by atoms with van der Waals surface area (Å²) >= 11 is 0. The van der Waals surface area contributed by atoms with Gasteiger partial charge in [0.15, 0.2) is 0 Å². The van der Waals surface area contributed by atoms with Gasteiger partial charge in [-0.15, -0.1) is 0 Å². The number of aromatic nitrogens is 2. The molecule has 4 heteroatoms. The van der Waals surface area contributed by atoms with Gasteiger partial charge in [0.25, 0.3) is 0 Å². The summed E-state index contributed by atoms with van der Waals surface area (Å²) in [7, 11) is 0. The number of hydrogen-bond acceptors (Lipinski definition) is 3. The van der Waals surface area contributed by atoms with Crippen LogP contribution >= 0.6 is 0 Å². The Balaban J connectivity index is 2.34. The Hall–Kier alpha value is -1.03. The fraction of sp³-hybridized carbons (Fsp3) is 0.727. The summed E-state index contributed by atoms with van der Waals surface area (Å²) in [5.74, 6) is 0.715. The molecule has 0 radical (unpaired) electrons. The lowest BCUT2D eigenvalue weighted by molar-refractivity contribution is 0.243. The Bertz CT molecular complexity index is 280. The lowest BCUT2D eigenvalue weighted by Crippen LogP contribution is -2.30. The van der Waals surface area contributed by atoms with E-state index in [0.29, 0.717) is 5.92 Å². The molecule has 0 aliphatic heterocycles. The molecular formula is C11H22N4. The molecule has 0 atom stereocenters. The van der Waals surface area contributed by atoms with E-state index in [2.05, 4.69) is 30.8 Å². The van der Waals surface area contributed by atoms with Crippen LogP contribution < -0.4 is 5.73 Å². The van der Waals surface area contributed by atoms with Crippen LogP contribution in [0.5, 0.6) is 0 Å². The summed E-state index contributed by atoms with van der Waals surface area (Å²) in [6, 6.07) is 0. The minimum Gasteiger partial charge on any atom is -0.396 e. The van der Waals surface area contributed by atoms with Crippen LogP contribution in [0.1, 0.15) is 20.8 Å². The standard InChI is InChI=1S/C11H22N4/c1-4-14(8-10(2)3)5-6-15-9-11(12)7-13-15/h7,9-10H,4-6,8,12H2,1-3H3. The molecule has 1 aromatic rings. The molecule has 0 unspecified atom stereocenters. The Morgan fingerprint density at radius 3 is 2.73 bits per heavy atom. The van der Waals surface area contributed by atoms with Crippen molar-refractivity contribution in [2.24, 2.45) is 5.92 Å². The van der Waals surface area contributed by atoms with E-state index in [1.165, 1.54) is 0 Å². The molecule has 0 amide bonds. The van der Waals surface area contributed by atoms with Gasteiger partial charge in [0, 0.05) is 19.3 Å². The van der Waals surface area contributed by atoms with Crippen LogP contribution in [0.2, 0.25) is 0 Å². The van der Waals surface area contributed by atoms with Crippen LogP contribution in [-0.2, 0) is 6.54 Å². The van der Waals surface area contributed by atoms with Gasteiger partial charge in [0.05, 0.1) is 18.4 Å². The van der Waals surface area contributed by atoms with E-state index < -0.39 is 0 Å². The van der Waals surface area contributed by atoms with Gasteiger partial charge in [0.1, 0.15) is 0 Å². The second-order valence-corrected chi connectivity index (χ2v) is 4.32. The van der Waals surface area contributed by atoms with Crippen LogP contribution in [0.4, 0.5) is 5.69 Å². The quantitative estimate of drug-likeness (QED) is 0.773. The summed E-state index contributed by atoms with van der Waals surface area (Å²) in [6.45, 7) is 10.9. The van der Waals surface area contributed by atoms with Crippen molar-refractivity contribution in [2.75, 3.05) is 25.4 Å². The summed E-state index contributed by atoms with van der Waals surface area (Å²) in [6.07, 6.45) is 3.57. The summed E-state index contributed by atoms with van der Waals surface area (Å²) in [5.41, 5.74) is 6.34. The first-order valence-corrected chi connectivity index (χ1v) is 5.62. The van der Waals surface area contributed by atoms with Crippen LogP contribution in [0, 0.1) is 5.92 Å². The number of nitrogens with two attached hydrogens (primary N) is 1. The highest BCUT2D eigenvalue weighted by molar-refractivity contribution is 5.30. The molecule has 4 nitrogen and oxygen atoms in total. The fourth-order valence-corrected chi connectivity index (χ4v) is 1.64. The minimum absolute atomic E-state index is 0.715. The molecule has 0 aliphatic rings. The second-order valence-electron chi connectivity index (χ2n) is 4.32. The minimum atomic E-state index is 0.715. The van der Waals surface area contributed by atoms with Crippen molar-refractivity contribution in [3.8, 4) is 0 Å². The molecule has 0 saturated carbocycles. The molecule has 0 bridgehead atoms. The number of nitrogens with zero attached hydrogens (tertiary/aromatic N) is 3. The van der Waals surface area contributed by atoms with Crippen LogP contribution in [0.25, 0.3) is 0 Å². The Morgan fingerprint density at radius 1 is 1.53 bits per heavy atom. The molecule has 86 valence electrons. The predicted octanol–water partition coefficient (Wildman–Crippen LogP) is 1.44. The molecule has 1 heterocycles. The molecular weight excluding hydrogens is 188 g/mol. The van der Waals surface area contributed by atoms with Gasteiger partial charge in [-0.25, -0.2) is 0 Å². The lowest BCUT2D eigenvalue weighted by atomic mass is 10.2. The smallest absolute Gasteiger partial charge is 0.0719 e. The molecule has 2 N–H and O–H groups in total. The van der Waals surface area contributed by atoms with Crippen molar-refractivity contribution >= 4 is 5.69 Å². The Morgan fingerprint density at radius 2 is 2.27 bits per heavy atom. The van der Waals surface area contributed by atoms with E-state index in [-0.39, 0.29) is 0 Å². The third-order valence-corrected chi connectivity index (χ3v) is 2.37. The third-order valence-electron chi connectivity index (χ3n) is 2.37. The maximum absolute atomic E-state index is 5.60. The van der Waals surface area contributed by atoms with Gasteiger partial charge < -0.3 is 10.6 Å². The SMILES string of the molecule is CCN(CCn1cc(N)cn1)CC(C)C. The van der Waals surface area contributed by atoms with Gasteiger partial charge in [0.2, 0.25) is 0 Å². The molecule has 0 saturated heterocycles. The maximum atomic E-state index is 5.60. The zero-order valence-electron chi connectivity index (χ0n) is 9.98. The van der Waals surface area contributed by atoms with Crippen LogP contribution in [0.15, 0.2) is 12.4 Å². The average Bonchev–Trinajstić information content (AvgIpc) is 2.58. The van der Waals surface area contributed by atoms with Crippen molar-refractivity contribution in [3.63, 3.8) is 0 Å². The van der Waals surface area contributed by atoms with Gasteiger partial charge in [-0.05, 0) is 12.5 Å². The van der Waals surface area contributed by atoms with Gasteiger partial charge >= 0.3 is 0 Å². The number of hydrogen-bond donors (Lipinski definition) is 1. The molecule has 0 spiro atoms. The van der Waals surface area contributed by atoms with E-state index >= 15 is 0 Å².